The Morgan fingerprint density at radius 2 is 2.31 bits per heavy atom. The Hall–Kier alpha value is -1.09. The molecule has 88 valence electrons. The zero-order valence-corrected chi connectivity index (χ0v) is 9.87. The minimum absolute atomic E-state index is 0.0996. The van der Waals surface area contributed by atoms with E-state index >= 15 is 0 Å². The second kappa shape index (κ2) is 4.06. The fraction of sp³-hybridized carbons (Fsp3) is 0.571. The molecule has 1 fully saturated rings. The van der Waals surface area contributed by atoms with Crippen LogP contribution in [0.5, 0.6) is 0 Å². The summed E-state index contributed by atoms with van der Waals surface area (Å²) in [6.45, 7) is 0. The molecule has 2 N–H and O–H groups in total. The maximum absolute atomic E-state index is 11.2. The molecule has 1 saturated heterocycles. The van der Waals surface area contributed by atoms with E-state index in [-0.39, 0.29) is 21.9 Å². The van der Waals surface area contributed by atoms with Gasteiger partial charge in [0.2, 0.25) is 5.16 Å². The van der Waals surface area contributed by atoms with Crippen molar-refractivity contribution < 1.29 is 8.42 Å². The maximum atomic E-state index is 11.2. The van der Waals surface area contributed by atoms with E-state index in [0.29, 0.717) is 6.42 Å². The van der Waals surface area contributed by atoms with Crippen molar-refractivity contribution in [2.75, 3.05) is 17.3 Å². The van der Waals surface area contributed by atoms with E-state index in [9.17, 15) is 13.2 Å². The lowest BCUT2D eigenvalue weighted by molar-refractivity contribution is 0.602. The standard InChI is InChI=1S/C7H10N4O3S2/c8-11-6(12)3-9-10-7(11)15-5-1-2-16(13,14)4-5/h3,5H,1-2,4,8H2/t5-/m1/s1. The number of aromatic nitrogens is 3. The molecule has 1 atom stereocenters. The smallest absolute Gasteiger partial charge is 0.291 e. The molecule has 0 aliphatic carbocycles. The van der Waals surface area contributed by atoms with Gasteiger partial charge < -0.3 is 5.84 Å². The van der Waals surface area contributed by atoms with Gasteiger partial charge in [-0.05, 0) is 6.42 Å². The van der Waals surface area contributed by atoms with Crippen LogP contribution in [-0.2, 0) is 9.84 Å². The molecular formula is C7H10N4O3S2. The number of sulfone groups is 1. The summed E-state index contributed by atoms with van der Waals surface area (Å²) in [5.41, 5.74) is -0.460. The van der Waals surface area contributed by atoms with Crippen molar-refractivity contribution in [2.45, 2.75) is 16.8 Å². The Bertz CT molecular complexity index is 553. The molecule has 0 bridgehead atoms. The third-order valence-corrected chi connectivity index (χ3v) is 5.42. The minimum Gasteiger partial charge on any atom is -0.334 e. The number of thioether (sulfide) groups is 1. The Morgan fingerprint density at radius 1 is 1.56 bits per heavy atom. The molecule has 0 spiro atoms. The summed E-state index contributed by atoms with van der Waals surface area (Å²) >= 11 is 1.18. The van der Waals surface area contributed by atoms with Crippen LogP contribution in [0.1, 0.15) is 6.42 Å². The Balaban J connectivity index is 2.17. The van der Waals surface area contributed by atoms with Gasteiger partial charge in [0, 0.05) is 5.25 Å². The van der Waals surface area contributed by atoms with Gasteiger partial charge in [-0.3, -0.25) is 4.79 Å². The van der Waals surface area contributed by atoms with Crippen LogP contribution in [0.25, 0.3) is 0 Å². The third-order valence-electron chi connectivity index (χ3n) is 2.22. The monoisotopic (exact) mass is 262 g/mol. The maximum Gasteiger partial charge on any atom is 0.291 e. The first-order chi connectivity index (χ1) is 7.48. The van der Waals surface area contributed by atoms with Crippen LogP contribution in [0, 0.1) is 0 Å². The lowest BCUT2D eigenvalue weighted by Gasteiger charge is -2.08. The number of hydrogen-bond donors (Lipinski definition) is 1. The highest BCUT2D eigenvalue weighted by Gasteiger charge is 2.29. The molecule has 2 heterocycles. The van der Waals surface area contributed by atoms with Gasteiger partial charge in [0.1, 0.15) is 6.20 Å². The molecule has 9 heteroatoms. The molecule has 0 amide bonds. The van der Waals surface area contributed by atoms with E-state index in [0.717, 1.165) is 10.9 Å². The summed E-state index contributed by atoms with van der Waals surface area (Å²) in [7, 11) is -2.94. The van der Waals surface area contributed by atoms with Crippen LogP contribution in [0.2, 0.25) is 0 Å². The molecule has 1 aliphatic rings. The van der Waals surface area contributed by atoms with Crippen molar-refractivity contribution in [3.05, 3.63) is 16.6 Å². The predicted octanol–water partition coefficient (Wildman–Crippen LogP) is -1.37. The van der Waals surface area contributed by atoms with Crippen molar-refractivity contribution in [3.8, 4) is 0 Å². The van der Waals surface area contributed by atoms with E-state index in [2.05, 4.69) is 10.2 Å². The van der Waals surface area contributed by atoms with Gasteiger partial charge in [-0.25, -0.2) is 8.42 Å². The van der Waals surface area contributed by atoms with Crippen molar-refractivity contribution in [2.24, 2.45) is 0 Å². The highest BCUT2D eigenvalue weighted by molar-refractivity contribution is 8.01. The fourth-order valence-electron chi connectivity index (χ4n) is 1.42. The highest BCUT2D eigenvalue weighted by atomic mass is 32.2. The lowest BCUT2D eigenvalue weighted by Crippen LogP contribution is -2.30. The van der Waals surface area contributed by atoms with Crippen LogP contribution < -0.4 is 11.4 Å². The van der Waals surface area contributed by atoms with E-state index in [1.807, 2.05) is 0 Å². The third kappa shape index (κ3) is 2.35. The number of rotatable bonds is 2. The SMILES string of the molecule is Nn1c(S[C@@H]2CCS(=O)(=O)C2)nncc1=O. The van der Waals surface area contributed by atoms with Crippen molar-refractivity contribution >= 4 is 21.6 Å². The number of hydrogen-bond acceptors (Lipinski definition) is 7. The van der Waals surface area contributed by atoms with E-state index in [4.69, 9.17) is 5.84 Å². The molecular weight excluding hydrogens is 252 g/mol. The Kier molecular flexibility index (Phi) is 2.89. The molecule has 1 aliphatic heterocycles. The molecule has 0 unspecified atom stereocenters. The van der Waals surface area contributed by atoms with Crippen molar-refractivity contribution in [3.63, 3.8) is 0 Å². The fourth-order valence-corrected chi connectivity index (χ4v) is 4.83. The van der Waals surface area contributed by atoms with Crippen LogP contribution >= 0.6 is 11.8 Å². The lowest BCUT2D eigenvalue weighted by atomic mass is 10.4. The second-order valence-corrected chi connectivity index (χ2v) is 6.97. The van der Waals surface area contributed by atoms with Gasteiger partial charge in [0.25, 0.3) is 5.56 Å². The second-order valence-electron chi connectivity index (χ2n) is 3.48. The Morgan fingerprint density at radius 3 is 2.94 bits per heavy atom. The quantitative estimate of drug-likeness (QED) is 0.655. The van der Waals surface area contributed by atoms with Crippen molar-refractivity contribution in [1.82, 2.24) is 14.9 Å². The van der Waals surface area contributed by atoms with Gasteiger partial charge in [0.05, 0.1) is 11.5 Å². The molecule has 1 aromatic heterocycles. The molecule has 0 aromatic carbocycles. The molecule has 1 aromatic rings. The first-order valence-corrected chi connectivity index (χ1v) is 7.25. The normalized spacial score (nSPS) is 23.4. The van der Waals surface area contributed by atoms with Crippen LogP contribution in [-0.4, -0.2) is 40.0 Å². The summed E-state index contributed by atoms with van der Waals surface area (Å²) < 4.78 is 23.3. The predicted molar refractivity (Wildman–Crippen MR) is 59.4 cm³/mol. The Labute approximate surface area is 95.9 Å². The molecule has 2 rings (SSSR count). The van der Waals surface area contributed by atoms with Gasteiger partial charge in [0.15, 0.2) is 9.84 Å². The summed E-state index contributed by atoms with van der Waals surface area (Å²) in [6, 6.07) is 0. The summed E-state index contributed by atoms with van der Waals surface area (Å²) in [4.78, 5) is 11.1. The van der Waals surface area contributed by atoms with E-state index in [1.165, 1.54) is 11.8 Å². The van der Waals surface area contributed by atoms with Crippen molar-refractivity contribution in [1.29, 1.82) is 0 Å². The average Bonchev–Trinajstić information content (AvgIpc) is 2.53. The number of nitrogens with two attached hydrogens (primary N) is 1. The zero-order valence-electron chi connectivity index (χ0n) is 8.24. The summed E-state index contributed by atoms with van der Waals surface area (Å²) in [5, 5.41) is 7.34. The van der Waals surface area contributed by atoms with Crippen LogP contribution in [0.15, 0.2) is 16.1 Å². The van der Waals surface area contributed by atoms with Gasteiger partial charge in [-0.2, -0.15) is 9.77 Å². The van der Waals surface area contributed by atoms with Crippen LogP contribution in [0.3, 0.4) is 0 Å². The van der Waals surface area contributed by atoms with E-state index < -0.39 is 15.4 Å². The molecule has 16 heavy (non-hydrogen) atoms. The minimum atomic E-state index is -2.94. The number of nitrogen functional groups attached to an aromatic ring is 1. The van der Waals surface area contributed by atoms with E-state index in [1.54, 1.807) is 0 Å². The molecule has 7 nitrogen and oxygen atoms in total. The van der Waals surface area contributed by atoms with Gasteiger partial charge in [-0.15, -0.1) is 5.10 Å². The average molecular weight is 262 g/mol. The van der Waals surface area contributed by atoms with Crippen LogP contribution in [0.4, 0.5) is 0 Å². The van der Waals surface area contributed by atoms with Gasteiger partial charge in [-0.1, -0.05) is 11.8 Å². The first-order valence-electron chi connectivity index (χ1n) is 4.55. The zero-order chi connectivity index (χ0) is 11.8. The number of nitrogens with zero attached hydrogens (tertiary/aromatic N) is 3. The summed E-state index contributed by atoms with van der Waals surface area (Å²) in [6.07, 6.45) is 1.56. The largest absolute Gasteiger partial charge is 0.334 e. The summed E-state index contributed by atoms with van der Waals surface area (Å²) in [5.74, 6) is 5.74. The topological polar surface area (TPSA) is 108 Å². The van der Waals surface area contributed by atoms with Gasteiger partial charge >= 0.3 is 0 Å². The molecule has 0 radical (unpaired) electrons. The molecule has 0 saturated carbocycles. The first kappa shape index (κ1) is 11.4. The highest BCUT2D eigenvalue weighted by Crippen LogP contribution is 2.28.